The van der Waals surface area contributed by atoms with Crippen LogP contribution in [0.5, 0.6) is 0 Å². The topological polar surface area (TPSA) is 43.1 Å². The van der Waals surface area contributed by atoms with Gasteiger partial charge in [0.25, 0.3) is 0 Å². The van der Waals surface area contributed by atoms with E-state index in [1.165, 1.54) is 0 Å². The minimum atomic E-state index is -0.658. The molecule has 0 aromatic rings. The Balaban J connectivity index is 2.34. The molecule has 0 N–H and O–H groups in total. The van der Waals surface area contributed by atoms with Crippen LogP contribution in [0.15, 0.2) is 11.6 Å². The molecule has 2 aliphatic carbocycles. The van der Waals surface area contributed by atoms with Gasteiger partial charge in [-0.25, -0.2) is 0 Å². The zero-order valence-corrected chi connectivity index (χ0v) is 8.50. The van der Waals surface area contributed by atoms with Crippen LogP contribution in [0, 0.1) is 10.1 Å². The van der Waals surface area contributed by atoms with E-state index in [1.807, 2.05) is 0 Å². The van der Waals surface area contributed by atoms with Gasteiger partial charge in [-0.15, -0.1) is 0 Å². The molecule has 0 amide bonds. The van der Waals surface area contributed by atoms with E-state index < -0.39 is 5.54 Å². The van der Waals surface area contributed by atoms with Gasteiger partial charge in [0, 0.05) is 23.3 Å². The Morgan fingerprint density at radius 3 is 2.79 bits per heavy atom. The second-order valence-corrected chi connectivity index (χ2v) is 4.47. The van der Waals surface area contributed by atoms with Gasteiger partial charge in [-0.3, -0.25) is 10.1 Å². The van der Waals surface area contributed by atoms with Crippen molar-refractivity contribution in [3.8, 4) is 0 Å². The molecule has 0 aromatic carbocycles. The summed E-state index contributed by atoms with van der Waals surface area (Å²) in [6, 6.07) is 0. The van der Waals surface area contributed by atoms with Crippen LogP contribution in [0.3, 0.4) is 0 Å². The van der Waals surface area contributed by atoms with Gasteiger partial charge < -0.3 is 0 Å². The first-order valence-corrected chi connectivity index (χ1v) is 5.60. The molecule has 3 nitrogen and oxygen atoms in total. The highest BCUT2D eigenvalue weighted by Crippen LogP contribution is 2.41. The first-order chi connectivity index (χ1) is 6.76. The molecule has 0 aromatic heterocycles. The van der Waals surface area contributed by atoms with Crippen LogP contribution in [0.4, 0.5) is 0 Å². The zero-order valence-electron chi connectivity index (χ0n) is 8.50. The first kappa shape index (κ1) is 9.69. The lowest BCUT2D eigenvalue weighted by Gasteiger charge is -2.29. The lowest BCUT2D eigenvalue weighted by molar-refractivity contribution is -0.561. The van der Waals surface area contributed by atoms with Crippen molar-refractivity contribution in [1.82, 2.24) is 0 Å². The van der Waals surface area contributed by atoms with Crippen LogP contribution < -0.4 is 0 Å². The van der Waals surface area contributed by atoms with Gasteiger partial charge >= 0.3 is 0 Å². The maximum absolute atomic E-state index is 11.2. The van der Waals surface area contributed by atoms with Crippen molar-refractivity contribution in [2.75, 3.05) is 0 Å². The van der Waals surface area contributed by atoms with E-state index in [2.05, 4.69) is 6.08 Å². The summed E-state index contributed by atoms with van der Waals surface area (Å²) in [5, 5.41) is 11.2. The Labute approximate surface area is 84.3 Å². The first-order valence-electron chi connectivity index (χ1n) is 5.60. The molecule has 1 fully saturated rings. The van der Waals surface area contributed by atoms with Crippen molar-refractivity contribution >= 4 is 0 Å². The molecule has 1 atom stereocenters. The van der Waals surface area contributed by atoms with E-state index in [1.54, 1.807) is 0 Å². The minimum Gasteiger partial charge on any atom is -0.264 e. The molecule has 0 bridgehead atoms. The quantitative estimate of drug-likeness (QED) is 0.366. The molecular weight excluding hydrogens is 178 g/mol. The van der Waals surface area contributed by atoms with E-state index in [4.69, 9.17) is 0 Å². The smallest absolute Gasteiger partial charge is 0.243 e. The number of rotatable bonds is 1. The average molecular weight is 195 g/mol. The van der Waals surface area contributed by atoms with Crippen molar-refractivity contribution in [2.24, 2.45) is 0 Å². The fraction of sp³-hybridized carbons (Fsp3) is 0.818. The van der Waals surface area contributed by atoms with Crippen molar-refractivity contribution in [3.63, 3.8) is 0 Å². The van der Waals surface area contributed by atoms with E-state index in [-0.39, 0.29) is 4.92 Å². The Bertz CT molecular complexity index is 272. The second kappa shape index (κ2) is 3.71. The maximum atomic E-state index is 11.2. The second-order valence-electron chi connectivity index (χ2n) is 4.47. The molecule has 3 heteroatoms. The number of fused-ring (bicyclic) bond motifs is 1. The summed E-state index contributed by atoms with van der Waals surface area (Å²) in [6.07, 6.45) is 10.00. The van der Waals surface area contributed by atoms with Gasteiger partial charge in [-0.2, -0.15) is 0 Å². The summed E-state index contributed by atoms with van der Waals surface area (Å²) in [5.74, 6) is 0. The summed E-state index contributed by atoms with van der Waals surface area (Å²) in [7, 11) is 0. The normalized spacial score (nSPS) is 32.7. The Morgan fingerprint density at radius 1 is 1.21 bits per heavy atom. The highest BCUT2D eigenvalue weighted by Gasteiger charge is 2.47. The van der Waals surface area contributed by atoms with Gasteiger partial charge in [0.15, 0.2) is 0 Å². The molecule has 2 aliphatic rings. The standard InChI is InChI=1S/C11H17NO2/c13-12(14)11-8-4-1-2-6-10(11)7-3-5-9-11/h7H,1-6,8-9H2. The Morgan fingerprint density at radius 2 is 2.00 bits per heavy atom. The summed E-state index contributed by atoms with van der Waals surface area (Å²) >= 11 is 0. The number of allylic oxidation sites excluding steroid dienone is 1. The van der Waals surface area contributed by atoms with Crippen LogP contribution in [-0.2, 0) is 0 Å². The molecule has 0 spiro atoms. The summed E-state index contributed by atoms with van der Waals surface area (Å²) < 4.78 is 0. The minimum absolute atomic E-state index is 0.0106. The highest BCUT2D eigenvalue weighted by atomic mass is 16.6. The molecule has 14 heavy (non-hydrogen) atoms. The average Bonchev–Trinajstić information content (AvgIpc) is 2.40. The number of hydrogen-bond acceptors (Lipinski definition) is 2. The van der Waals surface area contributed by atoms with Crippen LogP contribution in [0.2, 0.25) is 0 Å². The fourth-order valence-corrected chi connectivity index (χ4v) is 2.85. The molecule has 0 saturated heterocycles. The third-order valence-corrected chi connectivity index (χ3v) is 3.67. The molecule has 78 valence electrons. The van der Waals surface area contributed by atoms with Crippen LogP contribution in [0.1, 0.15) is 51.4 Å². The van der Waals surface area contributed by atoms with Gasteiger partial charge in [0.1, 0.15) is 0 Å². The SMILES string of the molecule is O=[N+]([O-])C12CCCC=C1CCCCC2. The van der Waals surface area contributed by atoms with Crippen molar-refractivity contribution in [3.05, 3.63) is 21.8 Å². The summed E-state index contributed by atoms with van der Waals surface area (Å²) in [4.78, 5) is 11.2. The van der Waals surface area contributed by atoms with E-state index in [0.717, 1.165) is 56.9 Å². The highest BCUT2D eigenvalue weighted by molar-refractivity contribution is 5.20. The zero-order chi connectivity index (χ0) is 10.0. The monoisotopic (exact) mass is 195 g/mol. The van der Waals surface area contributed by atoms with E-state index in [0.29, 0.717) is 0 Å². The van der Waals surface area contributed by atoms with Gasteiger partial charge in [0.05, 0.1) is 0 Å². The van der Waals surface area contributed by atoms with Crippen LogP contribution in [0.25, 0.3) is 0 Å². The predicted octanol–water partition coefficient (Wildman–Crippen LogP) is 3.08. The van der Waals surface area contributed by atoms with E-state index in [9.17, 15) is 10.1 Å². The third kappa shape index (κ3) is 1.45. The molecule has 0 heterocycles. The number of nitro groups is 1. The number of hydrogen-bond donors (Lipinski definition) is 0. The fourth-order valence-electron chi connectivity index (χ4n) is 2.85. The van der Waals surface area contributed by atoms with Gasteiger partial charge in [-0.05, 0) is 32.1 Å². The molecule has 1 unspecified atom stereocenters. The summed E-state index contributed by atoms with van der Waals surface area (Å²) in [5.41, 5.74) is 0.473. The van der Waals surface area contributed by atoms with Gasteiger partial charge in [-0.1, -0.05) is 12.5 Å². The molecular formula is C11H17NO2. The third-order valence-electron chi connectivity index (χ3n) is 3.67. The molecule has 0 aliphatic heterocycles. The van der Waals surface area contributed by atoms with Crippen molar-refractivity contribution in [2.45, 2.75) is 56.9 Å². The molecule has 2 rings (SSSR count). The number of nitrogens with zero attached hydrogens (tertiary/aromatic N) is 1. The van der Waals surface area contributed by atoms with E-state index >= 15 is 0 Å². The van der Waals surface area contributed by atoms with Gasteiger partial charge in [0.2, 0.25) is 5.54 Å². The maximum Gasteiger partial charge on any atom is 0.243 e. The largest absolute Gasteiger partial charge is 0.264 e. The lowest BCUT2D eigenvalue weighted by Crippen LogP contribution is -2.41. The molecule has 0 radical (unpaired) electrons. The molecule has 1 saturated carbocycles. The van der Waals surface area contributed by atoms with Crippen LogP contribution in [-0.4, -0.2) is 10.5 Å². The predicted molar refractivity (Wildman–Crippen MR) is 54.7 cm³/mol. The summed E-state index contributed by atoms with van der Waals surface area (Å²) in [6.45, 7) is 0. The van der Waals surface area contributed by atoms with Crippen molar-refractivity contribution < 1.29 is 4.92 Å². The Hall–Kier alpha value is -0.860. The van der Waals surface area contributed by atoms with Crippen LogP contribution >= 0.6 is 0 Å². The van der Waals surface area contributed by atoms with Crippen molar-refractivity contribution in [1.29, 1.82) is 0 Å². The Kier molecular flexibility index (Phi) is 2.57. The lowest BCUT2D eigenvalue weighted by atomic mass is 9.77.